The lowest BCUT2D eigenvalue weighted by Gasteiger charge is -2.19. The number of rotatable bonds is 7. The third kappa shape index (κ3) is 5.21. The molecule has 0 fully saturated rings. The number of ether oxygens (including phenoxy) is 1. The summed E-state index contributed by atoms with van der Waals surface area (Å²) in [6, 6.07) is 14.1. The Bertz CT molecular complexity index is 1570. The van der Waals surface area contributed by atoms with Gasteiger partial charge in [0.15, 0.2) is 0 Å². The Balaban J connectivity index is 1.65. The van der Waals surface area contributed by atoms with E-state index >= 15 is 0 Å². The number of sulfonamides is 1. The fourth-order valence-electron chi connectivity index (χ4n) is 3.76. The van der Waals surface area contributed by atoms with Gasteiger partial charge in [0, 0.05) is 12.1 Å². The first kappa shape index (κ1) is 24.4. The molecule has 1 atom stereocenters. The predicted octanol–water partition coefficient (Wildman–Crippen LogP) is 4.26. The van der Waals surface area contributed by atoms with Gasteiger partial charge in [-0.1, -0.05) is 43.7 Å². The van der Waals surface area contributed by atoms with Crippen LogP contribution in [0, 0.1) is 12.8 Å². The molecule has 0 aliphatic heterocycles. The number of phenolic OH excluding ortho intramolecular Hbond substituents is 1. The Hall–Kier alpha value is -3.69. The molecule has 0 spiro atoms. The zero-order chi connectivity index (χ0) is 25.3. The van der Waals surface area contributed by atoms with E-state index < -0.39 is 33.2 Å². The first-order chi connectivity index (χ1) is 16.5. The van der Waals surface area contributed by atoms with E-state index in [0.717, 1.165) is 11.6 Å². The summed E-state index contributed by atoms with van der Waals surface area (Å²) in [6.07, 6.45) is 0.184. The number of aromatic hydroxyl groups is 1. The number of nitrogens with one attached hydrogen (secondary N) is 1. The minimum atomic E-state index is -3.99. The Kier molecular flexibility index (Phi) is 6.64. The number of hydrogen-bond acceptors (Lipinski definition) is 7. The number of phenols is 1. The molecule has 0 aliphatic carbocycles. The minimum absolute atomic E-state index is 0.0253. The van der Waals surface area contributed by atoms with E-state index in [1.54, 1.807) is 36.4 Å². The molecule has 8 nitrogen and oxygen atoms in total. The van der Waals surface area contributed by atoms with E-state index in [1.165, 1.54) is 18.2 Å². The maximum absolute atomic E-state index is 13.0. The molecule has 0 bridgehead atoms. The van der Waals surface area contributed by atoms with Gasteiger partial charge in [-0.3, -0.25) is 4.79 Å². The highest BCUT2D eigenvalue weighted by molar-refractivity contribution is 7.89. The highest BCUT2D eigenvalue weighted by Gasteiger charge is 2.28. The monoisotopic (exact) mass is 495 g/mol. The molecule has 0 radical (unpaired) electrons. The molecule has 0 saturated heterocycles. The molecule has 9 heteroatoms. The van der Waals surface area contributed by atoms with E-state index in [2.05, 4.69) is 4.72 Å². The van der Waals surface area contributed by atoms with Crippen LogP contribution in [0.1, 0.15) is 25.8 Å². The lowest BCUT2D eigenvalue weighted by atomic mass is 10.0. The SMILES string of the molecule is Cc1ccc(S(=O)(=O)N[C@@H](CC(C)C)C(=O)Oc2cc(O)c3c(=O)c4ccccc4oc3c2)cc1. The largest absolute Gasteiger partial charge is 0.507 e. The van der Waals surface area contributed by atoms with Gasteiger partial charge in [-0.2, -0.15) is 4.72 Å². The van der Waals surface area contributed by atoms with Crippen molar-refractivity contribution in [2.75, 3.05) is 0 Å². The van der Waals surface area contributed by atoms with Crippen LogP contribution in [-0.4, -0.2) is 25.5 Å². The first-order valence-electron chi connectivity index (χ1n) is 11.0. The summed E-state index contributed by atoms with van der Waals surface area (Å²) in [4.78, 5) is 25.8. The molecule has 182 valence electrons. The summed E-state index contributed by atoms with van der Waals surface area (Å²) in [7, 11) is -3.99. The molecule has 3 aromatic carbocycles. The van der Waals surface area contributed by atoms with Gasteiger partial charge < -0.3 is 14.3 Å². The summed E-state index contributed by atoms with van der Waals surface area (Å²) in [5.74, 6) is -1.37. The third-order valence-electron chi connectivity index (χ3n) is 5.47. The zero-order valence-electron chi connectivity index (χ0n) is 19.4. The van der Waals surface area contributed by atoms with Crippen LogP contribution in [0.5, 0.6) is 11.5 Å². The molecule has 0 aliphatic rings. The zero-order valence-corrected chi connectivity index (χ0v) is 20.3. The summed E-state index contributed by atoms with van der Waals surface area (Å²) in [5, 5.41) is 10.8. The second-order valence-corrected chi connectivity index (χ2v) is 10.5. The quantitative estimate of drug-likeness (QED) is 0.223. The molecule has 0 saturated carbocycles. The molecule has 4 aromatic rings. The number of benzene rings is 3. The first-order valence-corrected chi connectivity index (χ1v) is 12.5. The van der Waals surface area contributed by atoms with E-state index in [9.17, 15) is 23.1 Å². The van der Waals surface area contributed by atoms with Gasteiger partial charge >= 0.3 is 5.97 Å². The topological polar surface area (TPSA) is 123 Å². The second-order valence-electron chi connectivity index (χ2n) is 8.78. The number of aryl methyl sites for hydroxylation is 1. The van der Waals surface area contributed by atoms with Crippen LogP contribution >= 0.6 is 0 Å². The van der Waals surface area contributed by atoms with Gasteiger partial charge in [0.05, 0.1) is 10.3 Å². The molecular weight excluding hydrogens is 470 g/mol. The fourth-order valence-corrected chi connectivity index (χ4v) is 4.96. The van der Waals surface area contributed by atoms with Crippen molar-refractivity contribution < 1.29 is 27.5 Å². The molecule has 2 N–H and O–H groups in total. The van der Waals surface area contributed by atoms with E-state index in [1.807, 2.05) is 20.8 Å². The maximum Gasteiger partial charge on any atom is 0.329 e. The molecule has 0 amide bonds. The molecule has 1 heterocycles. The lowest BCUT2D eigenvalue weighted by molar-refractivity contribution is -0.136. The summed E-state index contributed by atoms with van der Waals surface area (Å²) in [5.41, 5.74) is 0.840. The second kappa shape index (κ2) is 9.52. The van der Waals surface area contributed by atoms with Crippen molar-refractivity contribution in [1.82, 2.24) is 4.72 Å². The maximum atomic E-state index is 13.0. The smallest absolute Gasteiger partial charge is 0.329 e. The Labute approximate surface area is 202 Å². The minimum Gasteiger partial charge on any atom is -0.507 e. The number of fused-ring (bicyclic) bond motifs is 2. The van der Waals surface area contributed by atoms with E-state index in [4.69, 9.17) is 9.15 Å². The van der Waals surface area contributed by atoms with Gasteiger partial charge in [-0.05, 0) is 43.5 Å². The summed E-state index contributed by atoms with van der Waals surface area (Å²) >= 11 is 0. The average Bonchev–Trinajstić information content (AvgIpc) is 2.78. The van der Waals surface area contributed by atoms with Crippen molar-refractivity contribution in [3.05, 3.63) is 76.5 Å². The number of carbonyl (C=O) groups excluding carboxylic acids is 1. The van der Waals surface area contributed by atoms with Crippen LogP contribution in [0.4, 0.5) is 0 Å². The number of hydrogen-bond donors (Lipinski definition) is 2. The third-order valence-corrected chi connectivity index (χ3v) is 6.96. The Morgan fingerprint density at radius 3 is 2.43 bits per heavy atom. The van der Waals surface area contributed by atoms with Gasteiger partial charge in [0.1, 0.15) is 34.1 Å². The van der Waals surface area contributed by atoms with Crippen LogP contribution in [0.15, 0.2) is 74.8 Å². The lowest BCUT2D eigenvalue weighted by Crippen LogP contribution is -2.43. The Morgan fingerprint density at radius 2 is 1.74 bits per heavy atom. The molecular formula is C26H25NO7S. The standard InChI is InChI=1S/C26H25NO7S/c1-15(2)12-20(27-35(31,32)18-10-8-16(3)9-11-18)26(30)33-17-13-21(28)24-23(14-17)34-22-7-5-4-6-19(22)25(24)29/h4-11,13-15,20,27-28H,12H2,1-3H3/t20-/m0/s1. The van der Waals surface area contributed by atoms with Crippen LogP contribution in [-0.2, 0) is 14.8 Å². The fraction of sp³-hybridized carbons (Fsp3) is 0.231. The predicted molar refractivity (Wildman–Crippen MR) is 132 cm³/mol. The van der Waals surface area contributed by atoms with Crippen LogP contribution in [0.25, 0.3) is 21.9 Å². The molecule has 4 rings (SSSR count). The Morgan fingerprint density at radius 1 is 1.06 bits per heavy atom. The van der Waals surface area contributed by atoms with Gasteiger partial charge in [-0.15, -0.1) is 0 Å². The van der Waals surface area contributed by atoms with Crippen molar-refractivity contribution in [1.29, 1.82) is 0 Å². The van der Waals surface area contributed by atoms with Crippen LogP contribution in [0.3, 0.4) is 0 Å². The van der Waals surface area contributed by atoms with Crippen molar-refractivity contribution >= 4 is 37.9 Å². The van der Waals surface area contributed by atoms with Crippen LogP contribution in [0.2, 0.25) is 0 Å². The molecule has 35 heavy (non-hydrogen) atoms. The van der Waals surface area contributed by atoms with Gasteiger partial charge in [-0.25, -0.2) is 13.2 Å². The van der Waals surface area contributed by atoms with Gasteiger partial charge in [0.2, 0.25) is 15.5 Å². The normalized spacial score (nSPS) is 12.8. The van der Waals surface area contributed by atoms with Crippen molar-refractivity contribution in [2.45, 2.75) is 38.1 Å². The van der Waals surface area contributed by atoms with E-state index in [0.29, 0.717) is 11.0 Å². The van der Waals surface area contributed by atoms with E-state index in [-0.39, 0.29) is 34.0 Å². The number of carbonyl (C=O) groups is 1. The van der Waals surface area contributed by atoms with Crippen molar-refractivity contribution in [2.24, 2.45) is 5.92 Å². The van der Waals surface area contributed by atoms with Crippen LogP contribution < -0.4 is 14.9 Å². The average molecular weight is 496 g/mol. The highest BCUT2D eigenvalue weighted by atomic mass is 32.2. The molecule has 0 unspecified atom stereocenters. The highest BCUT2D eigenvalue weighted by Crippen LogP contribution is 2.31. The summed E-state index contributed by atoms with van der Waals surface area (Å²) in [6.45, 7) is 5.54. The van der Waals surface area contributed by atoms with Crippen molar-refractivity contribution in [3.63, 3.8) is 0 Å². The number of esters is 1. The van der Waals surface area contributed by atoms with Crippen molar-refractivity contribution in [3.8, 4) is 11.5 Å². The molecule has 1 aromatic heterocycles. The van der Waals surface area contributed by atoms with Gasteiger partial charge in [0.25, 0.3) is 0 Å². The summed E-state index contributed by atoms with van der Waals surface area (Å²) < 4.78 is 39.3. The number of para-hydroxylation sites is 1.